The molecule has 4 rings (SSSR count). The van der Waals surface area contributed by atoms with Crippen molar-refractivity contribution < 1.29 is 0 Å². The number of nitrogens with one attached hydrogen (secondary N) is 1. The van der Waals surface area contributed by atoms with E-state index in [-0.39, 0.29) is 0 Å². The van der Waals surface area contributed by atoms with Crippen LogP contribution >= 0.6 is 0 Å². The Kier molecular flexibility index (Phi) is 3.28. The Balaban J connectivity index is 1.78. The monoisotopic (exact) mass is 305 g/mol. The molecule has 0 saturated carbocycles. The van der Waals surface area contributed by atoms with Crippen molar-refractivity contribution in [1.82, 2.24) is 10.3 Å². The summed E-state index contributed by atoms with van der Waals surface area (Å²) in [5.74, 6) is 1.86. The minimum absolute atomic E-state index is 0.779. The van der Waals surface area contributed by atoms with Crippen LogP contribution < -0.4 is 15.3 Å². The van der Waals surface area contributed by atoms with E-state index in [0.29, 0.717) is 0 Å². The molecule has 23 heavy (non-hydrogen) atoms. The van der Waals surface area contributed by atoms with Gasteiger partial charge in [-0.25, -0.2) is 10.0 Å². The average Bonchev–Trinajstić information content (AvgIpc) is 2.96. The Bertz CT molecular complexity index is 779. The molecule has 0 spiro atoms. The van der Waals surface area contributed by atoms with Crippen LogP contribution in [0.25, 0.3) is 0 Å². The maximum absolute atomic E-state index is 4.73. The molecule has 2 heterocycles. The number of para-hydroxylation sites is 3. The number of rotatable bonds is 3. The summed E-state index contributed by atoms with van der Waals surface area (Å²) in [4.78, 5) is 9.02. The quantitative estimate of drug-likeness (QED) is 0.945. The van der Waals surface area contributed by atoms with Crippen LogP contribution in [0, 0.1) is 0 Å². The number of hydrazine groups is 1. The lowest BCUT2D eigenvalue weighted by Crippen LogP contribution is -2.41. The van der Waals surface area contributed by atoms with Gasteiger partial charge >= 0.3 is 0 Å². The molecular weight excluding hydrogens is 286 g/mol. The van der Waals surface area contributed by atoms with Gasteiger partial charge in [-0.2, -0.15) is 0 Å². The van der Waals surface area contributed by atoms with Gasteiger partial charge in [0, 0.05) is 5.69 Å². The van der Waals surface area contributed by atoms with Crippen LogP contribution in [0.1, 0.15) is 0 Å². The molecule has 0 bridgehead atoms. The molecule has 2 aliphatic heterocycles. The molecule has 5 heteroatoms. The van der Waals surface area contributed by atoms with Crippen LogP contribution in [0.4, 0.5) is 17.1 Å². The molecule has 0 aliphatic carbocycles. The maximum Gasteiger partial charge on any atom is 0.170 e. The van der Waals surface area contributed by atoms with Gasteiger partial charge in [-0.05, 0) is 38.4 Å². The molecule has 0 unspecified atom stereocenters. The predicted octanol–water partition coefficient (Wildman–Crippen LogP) is 2.92. The van der Waals surface area contributed by atoms with E-state index >= 15 is 0 Å². The third kappa shape index (κ3) is 2.45. The van der Waals surface area contributed by atoms with E-state index in [0.717, 1.165) is 35.3 Å². The first-order valence-corrected chi connectivity index (χ1v) is 7.66. The molecule has 0 aromatic heterocycles. The highest BCUT2D eigenvalue weighted by molar-refractivity contribution is 5.94. The lowest BCUT2D eigenvalue weighted by molar-refractivity contribution is 0.466. The minimum Gasteiger partial charge on any atom is -0.311 e. The third-order valence-corrected chi connectivity index (χ3v) is 3.85. The first-order valence-electron chi connectivity index (χ1n) is 7.66. The maximum atomic E-state index is 4.73. The van der Waals surface area contributed by atoms with E-state index < -0.39 is 0 Å². The Labute approximate surface area is 136 Å². The number of amidine groups is 1. The fourth-order valence-corrected chi connectivity index (χ4v) is 2.88. The molecule has 5 nitrogen and oxygen atoms in total. The Morgan fingerprint density at radius 2 is 1.65 bits per heavy atom. The zero-order chi connectivity index (χ0) is 15.8. The molecule has 1 N–H and O–H groups in total. The van der Waals surface area contributed by atoms with Crippen LogP contribution in [-0.2, 0) is 0 Å². The van der Waals surface area contributed by atoms with E-state index in [9.17, 15) is 0 Å². The van der Waals surface area contributed by atoms with Crippen LogP contribution in [0.2, 0.25) is 0 Å². The zero-order valence-corrected chi connectivity index (χ0v) is 13.3. The Hall–Kier alpha value is -2.79. The predicted molar refractivity (Wildman–Crippen MR) is 94.7 cm³/mol. The van der Waals surface area contributed by atoms with E-state index in [4.69, 9.17) is 4.99 Å². The Morgan fingerprint density at radius 3 is 2.39 bits per heavy atom. The van der Waals surface area contributed by atoms with Gasteiger partial charge in [0.1, 0.15) is 5.84 Å². The van der Waals surface area contributed by atoms with Crippen molar-refractivity contribution in [2.45, 2.75) is 0 Å². The molecule has 2 aromatic carbocycles. The number of benzene rings is 2. The molecule has 2 aliphatic rings. The van der Waals surface area contributed by atoms with Gasteiger partial charge in [-0.15, -0.1) is 0 Å². The number of fused-ring (bicyclic) bond motifs is 3. The summed E-state index contributed by atoms with van der Waals surface area (Å²) in [7, 11) is 4.08. The van der Waals surface area contributed by atoms with Gasteiger partial charge in [0.2, 0.25) is 0 Å². The van der Waals surface area contributed by atoms with Crippen molar-refractivity contribution in [2.75, 3.05) is 30.5 Å². The highest BCUT2D eigenvalue weighted by atomic mass is 15.6. The topological polar surface area (TPSA) is 34.1 Å². The standard InChI is InChI=1S/C18H19N5/c1-21(2)12-17-19-18-13-22(14-8-4-3-5-9-14)15-10-6-7-11-16(15)23(18)20-17/h3-11,13H,12H2,1-2H3,(H,19,20). The van der Waals surface area contributed by atoms with Crippen LogP contribution in [0.5, 0.6) is 0 Å². The highest BCUT2D eigenvalue weighted by Crippen LogP contribution is 2.40. The van der Waals surface area contributed by atoms with E-state index in [1.165, 1.54) is 0 Å². The minimum atomic E-state index is 0.779. The summed E-state index contributed by atoms with van der Waals surface area (Å²) in [6.07, 6.45) is 2.08. The summed E-state index contributed by atoms with van der Waals surface area (Å²) in [6.45, 7) is 0.779. The first kappa shape index (κ1) is 13.8. The highest BCUT2D eigenvalue weighted by Gasteiger charge is 2.29. The third-order valence-electron chi connectivity index (χ3n) is 3.85. The zero-order valence-electron chi connectivity index (χ0n) is 13.3. The largest absolute Gasteiger partial charge is 0.311 e. The summed E-state index contributed by atoms with van der Waals surface area (Å²) >= 11 is 0. The van der Waals surface area contributed by atoms with Crippen LogP contribution in [0.15, 0.2) is 71.6 Å². The van der Waals surface area contributed by atoms with Gasteiger partial charge in [0.15, 0.2) is 5.82 Å². The van der Waals surface area contributed by atoms with E-state index in [2.05, 4.69) is 70.0 Å². The molecular formula is C18H19N5. The molecule has 0 atom stereocenters. The molecule has 2 aromatic rings. The number of aliphatic imine (C=N–C) groups is 1. The van der Waals surface area contributed by atoms with Crippen molar-refractivity contribution in [2.24, 2.45) is 4.99 Å². The molecule has 0 amide bonds. The summed E-state index contributed by atoms with van der Waals surface area (Å²) in [6, 6.07) is 18.7. The SMILES string of the molecule is CN(C)CC1=NC2=CN(c3ccccc3)c3ccccc3N2N1. The normalized spacial score (nSPS) is 15.8. The fourth-order valence-electron chi connectivity index (χ4n) is 2.88. The summed E-state index contributed by atoms with van der Waals surface area (Å²) in [5.41, 5.74) is 6.77. The molecule has 0 radical (unpaired) electrons. The second kappa shape index (κ2) is 5.44. The van der Waals surface area contributed by atoms with Gasteiger partial charge < -0.3 is 9.80 Å². The second-order valence-corrected chi connectivity index (χ2v) is 5.93. The lowest BCUT2D eigenvalue weighted by Gasteiger charge is -2.33. The van der Waals surface area contributed by atoms with Gasteiger partial charge in [0.25, 0.3) is 0 Å². The number of nitrogens with zero attached hydrogens (tertiary/aromatic N) is 4. The van der Waals surface area contributed by atoms with Crippen molar-refractivity contribution >= 4 is 22.9 Å². The van der Waals surface area contributed by atoms with E-state index in [1.54, 1.807) is 0 Å². The smallest absolute Gasteiger partial charge is 0.170 e. The average molecular weight is 305 g/mol. The van der Waals surface area contributed by atoms with Gasteiger partial charge in [-0.3, -0.25) is 5.43 Å². The number of anilines is 3. The molecule has 0 fully saturated rings. The van der Waals surface area contributed by atoms with Crippen molar-refractivity contribution in [3.63, 3.8) is 0 Å². The molecule has 0 saturated heterocycles. The lowest BCUT2D eigenvalue weighted by atomic mass is 10.2. The second-order valence-electron chi connectivity index (χ2n) is 5.93. The number of likely N-dealkylation sites (N-methyl/N-ethyl adjacent to an activating group) is 1. The van der Waals surface area contributed by atoms with Crippen molar-refractivity contribution in [3.05, 3.63) is 66.6 Å². The van der Waals surface area contributed by atoms with Crippen molar-refractivity contribution in [3.8, 4) is 0 Å². The number of hydrogen-bond acceptors (Lipinski definition) is 5. The summed E-state index contributed by atoms with van der Waals surface area (Å²) < 4.78 is 0. The van der Waals surface area contributed by atoms with Gasteiger partial charge in [-0.1, -0.05) is 30.3 Å². The van der Waals surface area contributed by atoms with E-state index in [1.807, 2.05) is 25.2 Å². The van der Waals surface area contributed by atoms with Crippen LogP contribution in [-0.4, -0.2) is 31.4 Å². The fraction of sp³-hybridized carbons (Fsp3) is 0.167. The van der Waals surface area contributed by atoms with Crippen molar-refractivity contribution in [1.29, 1.82) is 0 Å². The Morgan fingerprint density at radius 1 is 0.957 bits per heavy atom. The van der Waals surface area contributed by atoms with Gasteiger partial charge in [0.05, 0.1) is 24.1 Å². The number of hydrogen-bond donors (Lipinski definition) is 1. The summed E-state index contributed by atoms with van der Waals surface area (Å²) in [5, 5.41) is 2.05. The molecule has 116 valence electrons. The van der Waals surface area contributed by atoms with Crippen LogP contribution in [0.3, 0.4) is 0 Å². The first-order chi connectivity index (χ1) is 11.2.